The Kier molecular flexibility index (Phi) is 5.94. The zero-order valence-corrected chi connectivity index (χ0v) is 17.9. The van der Waals surface area contributed by atoms with Crippen molar-refractivity contribution in [2.24, 2.45) is 0 Å². The van der Waals surface area contributed by atoms with Crippen LogP contribution in [0.25, 0.3) is 0 Å². The largest absolute Gasteiger partial charge is 0.486 e. The third kappa shape index (κ3) is 3.88. The van der Waals surface area contributed by atoms with Gasteiger partial charge in [0.05, 0.1) is 11.7 Å². The second-order valence-corrected chi connectivity index (χ2v) is 7.73. The number of nitriles is 1. The van der Waals surface area contributed by atoms with Gasteiger partial charge < -0.3 is 14.4 Å². The molecule has 8 nitrogen and oxygen atoms in total. The van der Waals surface area contributed by atoms with Gasteiger partial charge in [-0.1, -0.05) is 19.9 Å². The van der Waals surface area contributed by atoms with Crippen LogP contribution in [0.1, 0.15) is 55.1 Å². The Hall–Kier alpha value is -3.34. The number of amides is 1. The molecule has 3 heterocycles. The minimum Gasteiger partial charge on any atom is -0.486 e. The summed E-state index contributed by atoms with van der Waals surface area (Å²) in [6.45, 7) is 5.30. The Balaban J connectivity index is 1.60. The van der Waals surface area contributed by atoms with Crippen LogP contribution in [0.5, 0.6) is 11.5 Å². The first-order valence-corrected chi connectivity index (χ1v) is 10.8. The molecule has 0 spiro atoms. The van der Waals surface area contributed by atoms with E-state index < -0.39 is 5.56 Å². The summed E-state index contributed by atoms with van der Waals surface area (Å²) in [5.74, 6) is 1.23. The fourth-order valence-electron chi connectivity index (χ4n) is 4.44. The molecule has 31 heavy (non-hydrogen) atoms. The van der Waals surface area contributed by atoms with E-state index in [9.17, 15) is 14.9 Å². The van der Waals surface area contributed by atoms with Crippen molar-refractivity contribution in [3.8, 4) is 17.6 Å². The van der Waals surface area contributed by atoms with Crippen LogP contribution in [-0.4, -0.2) is 40.3 Å². The number of carbonyl (C=O) groups excluding carboxylic acids is 1. The van der Waals surface area contributed by atoms with Gasteiger partial charge >= 0.3 is 0 Å². The zero-order chi connectivity index (χ0) is 22.0. The maximum absolute atomic E-state index is 13.2. The monoisotopic (exact) mass is 422 g/mol. The molecule has 1 fully saturated rings. The Morgan fingerprint density at radius 3 is 2.71 bits per heavy atom. The average molecular weight is 422 g/mol. The molecule has 0 bridgehead atoms. The standard InChI is InChI=1S/C23H26N4O4/c1-3-16-17(13-24)23(29)27(25-18(16)4-2)14-22(28)26-9-5-6-19(26)15-7-8-20-21(12-15)31-11-10-30-20/h7-8,12,19H,3-6,9-11,14H2,1-2H3. The summed E-state index contributed by atoms with van der Waals surface area (Å²) in [4.78, 5) is 27.8. The Morgan fingerprint density at radius 1 is 1.23 bits per heavy atom. The van der Waals surface area contributed by atoms with Crippen molar-refractivity contribution in [1.82, 2.24) is 14.7 Å². The number of ether oxygens (including phenoxy) is 2. The smallest absolute Gasteiger partial charge is 0.285 e. The van der Waals surface area contributed by atoms with Gasteiger partial charge in [-0.3, -0.25) is 9.59 Å². The molecule has 2 aliphatic rings. The normalized spacial score (nSPS) is 17.5. The van der Waals surface area contributed by atoms with E-state index in [4.69, 9.17) is 9.47 Å². The van der Waals surface area contributed by atoms with E-state index >= 15 is 0 Å². The summed E-state index contributed by atoms with van der Waals surface area (Å²) >= 11 is 0. The molecular weight excluding hydrogens is 396 g/mol. The van der Waals surface area contributed by atoms with Crippen LogP contribution < -0.4 is 15.0 Å². The molecule has 1 unspecified atom stereocenters. The van der Waals surface area contributed by atoms with Crippen LogP contribution >= 0.6 is 0 Å². The van der Waals surface area contributed by atoms with Gasteiger partial charge in [0.25, 0.3) is 5.56 Å². The zero-order valence-electron chi connectivity index (χ0n) is 17.9. The van der Waals surface area contributed by atoms with Gasteiger partial charge in [0.15, 0.2) is 11.5 Å². The van der Waals surface area contributed by atoms with Crippen LogP contribution in [0, 0.1) is 11.3 Å². The summed E-state index contributed by atoms with van der Waals surface area (Å²) in [6, 6.07) is 7.71. The number of rotatable bonds is 5. The third-order valence-electron chi connectivity index (χ3n) is 5.95. The van der Waals surface area contributed by atoms with Crippen LogP contribution in [0.3, 0.4) is 0 Å². The van der Waals surface area contributed by atoms with E-state index in [0.29, 0.717) is 55.4 Å². The fraction of sp³-hybridized carbons (Fsp3) is 0.478. The Morgan fingerprint density at radius 2 is 2.00 bits per heavy atom. The summed E-state index contributed by atoms with van der Waals surface area (Å²) in [7, 11) is 0. The van der Waals surface area contributed by atoms with Crippen molar-refractivity contribution >= 4 is 5.91 Å². The first kappa shape index (κ1) is 20.9. The molecule has 0 radical (unpaired) electrons. The molecule has 162 valence electrons. The molecule has 1 aromatic carbocycles. The first-order valence-electron chi connectivity index (χ1n) is 10.8. The van der Waals surface area contributed by atoms with Gasteiger partial charge in [-0.05, 0) is 48.9 Å². The second kappa shape index (κ2) is 8.80. The van der Waals surface area contributed by atoms with E-state index in [1.54, 1.807) is 4.90 Å². The highest BCUT2D eigenvalue weighted by molar-refractivity contribution is 5.77. The van der Waals surface area contributed by atoms with Gasteiger partial charge in [0.1, 0.15) is 31.4 Å². The number of hydrogen-bond acceptors (Lipinski definition) is 6. The van der Waals surface area contributed by atoms with Crippen molar-refractivity contribution < 1.29 is 14.3 Å². The number of likely N-dealkylation sites (tertiary alicyclic amines) is 1. The van der Waals surface area contributed by atoms with Crippen molar-refractivity contribution in [2.45, 2.75) is 52.1 Å². The minimum atomic E-state index is -0.500. The molecule has 8 heteroatoms. The van der Waals surface area contributed by atoms with Crippen LogP contribution in [0.15, 0.2) is 23.0 Å². The van der Waals surface area contributed by atoms with Gasteiger partial charge in [-0.15, -0.1) is 0 Å². The van der Waals surface area contributed by atoms with Gasteiger partial charge in [0.2, 0.25) is 5.91 Å². The first-order chi connectivity index (χ1) is 15.1. The lowest BCUT2D eigenvalue weighted by Crippen LogP contribution is -2.38. The lowest BCUT2D eigenvalue weighted by Gasteiger charge is -2.27. The summed E-state index contributed by atoms with van der Waals surface area (Å²) in [5, 5.41) is 13.9. The maximum atomic E-state index is 13.2. The Labute approximate surface area is 181 Å². The molecule has 0 N–H and O–H groups in total. The maximum Gasteiger partial charge on any atom is 0.285 e. The molecular formula is C23H26N4O4. The second-order valence-electron chi connectivity index (χ2n) is 7.73. The van der Waals surface area contributed by atoms with Gasteiger partial charge in [-0.25, -0.2) is 4.68 Å². The molecule has 1 aromatic heterocycles. The third-order valence-corrected chi connectivity index (χ3v) is 5.95. The van der Waals surface area contributed by atoms with Crippen molar-refractivity contribution in [2.75, 3.05) is 19.8 Å². The van der Waals surface area contributed by atoms with E-state index in [2.05, 4.69) is 5.10 Å². The Bertz CT molecular complexity index is 1100. The number of hydrogen-bond donors (Lipinski definition) is 0. The molecule has 1 saturated heterocycles. The predicted octanol–water partition coefficient (Wildman–Crippen LogP) is 2.37. The van der Waals surface area contributed by atoms with Gasteiger partial charge in [0, 0.05) is 6.54 Å². The topological polar surface area (TPSA) is 97.4 Å². The number of aromatic nitrogens is 2. The lowest BCUT2D eigenvalue weighted by molar-refractivity contribution is -0.133. The van der Waals surface area contributed by atoms with Crippen LogP contribution in [0.4, 0.5) is 0 Å². The fourth-order valence-corrected chi connectivity index (χ4v) is 4.44. The quantitative estimate of drug-likeness (QED) is 0.734. The predicted molar refractivity (Wildman–Crippen MR) is 113 cm³/mol. The molecule has 0 saturated carbocycles. The number of aryl methyl sites for hydroxylation is 1. The average Bonchev–Trinajstić information content (AvgIpc) is 3.29. The van der Waals surface area contributed by atoms with Gasteiger partial charge in [-0.2, -0.15) is 10.4 Å². The number of nitrogens with zero attached hydrogens (tertiary/aromatic N) is 4. The van der Waals surface area contributed by atoms with E-state index in [0.717, 1.165) is 23.1 Å². The highest BCUT2D eigenvalue weighted by Crippen LogP contribution is 2.38. The van der Waals surface area contributed by atoms with Crippen molar-refractivity contribution in [3.63, 3.8) is 0 Å². The highest BCUT2D eigenvalue weighted by atomic mass is 16.6. The lowest BCUT2D eigenvalue weighted by atomic mass is 10.0. The molecule has 4 rings (SSSR count). The van der Waals surface area contributed by atoms with E-state index in [1.807, 2.05) is 38.1 Å². The molecule has 2 aromatic rings. The summed E-state index contributed by atoms with van der Waals surface area (Å²) in [6.07, 6.45) is 2.87. The minimum absolute atomic E-state index is 0.0879. The number of fused-ring (bicyclic) bond motifs is 1. The SMILES string of the molecule is CCc1nn(CC(=O)N2CCCC2c2ccc3c(c2)OCCO3)c(=O)c(C#N)c1CC. The highest BCUT2D eigenvalue weighted by Gasteiger charge is 2.31. The number of benzene rings is 1. The molecule has 2 aliphatic heterocycles. The summed E-state index contributed by atoms with van der Waals surface area (Å²) in [5.41, 5.74) is 1.95. The van der Waals surface area contributed by atoms with Crippen molar-refractivity contribution in [1.29, 1.82) is 5.26 Å². The van der Waals surface area contributed by atoms with E-state index in [-0.39, 0.29) is 24.1 Å². The van der Waals surface area contributed by atoms with Crippen LogP contribution in [-0.2, 0) is 24.2 Å². The van der Waals surface area contributed by atoms with Crippen LogP contribution in [0.2, 0.25) is 0 Å². The van der Waals surface area contributed by atoms with Crippen molar-refractivity contribution in [3.05, 3.63) is 50.9 Å². The molecule has 0 aliphatic carbocycles. The summed E-state index contributed by atoms with van der Waals surface area (Å²) < 4.78 is 12.4. The molecule has 1 atom stereocenters. The molecule has 1 amide bonds. The number of carbonyl (C=O) groups is 1. The van der Waals surface area contributed by atoms with E-state index in [1.165, 1.54) is 0 Å².